The summed E-state index contributed by atoms with van der Waals surface area (Å²) < 4.78 is 41.8. The highest BCUT2D eigenvalue weighted by atomic mass is 35.5. The van der Waals surface area contributed by atoms with Gasteiger partial charge >= 0.3 is 0 Å². The van der Waals surface area contributed by atoms with E-state index in [0.29, 0.717) is 23.7 Å². The highest BCUT2D eigenvalue weighted by molar-refractivity contribution is 7.90. The van der Waals surface area contributed by atoms with Crippen molar-refractivity contribution in [2.75, 3.05) is 0 Å². The fraction of sp³-hybridized carbons (Fsp3) is 0.167. The summed E-state index contributed by atoms with van der Waals surface area (Å²) in [5.41, 5.74) is -0.793. The molecule has 1 amide bonds. The van der Waals surface area contributed by atoms with Gasteiger partial charge in [0.2, 0.25) is 11.9 Å². The molecule has 0 unspecified atom stereocenters. The monoisotopic (exact) mass is 405 g/mol. The predicted octanol–water partition coefficient (Wildman–Crippen LogP) is 2.96. The molecule has 3 aromatic rings. The highest BCUT2D eigenvalue weighted by Crippen LogP contribution is 2.49. The van der Waals surface area contributed by atoms with E-state index < -0.39 is 27.3 Å². The summed E-state index contributed by atoms with van der Waals surface area (Å²) in [5, 5.41) is 0.564. The van der Waals surface area contributed by atoms with Gasteiger partial charge in [-0.15, -0.1) is 0 Å². The number of nitrogens with zero attached hydrogens (tertiary/aromatic N) is 2. The summed E-state index contributed by atoms with van der Waals surface area (Å²) in [4.78, 5) is 20.3. The zero-order chi connectivity index (χ0) is 19.2. The summed E-state index contributed by atoms with van der Waals surface area (Å²) in [6, 6.07) is 9.13. The Balaban J connectivity index is 1.71. The van der Waals surface area contributed by atoms with Gasteiger partial charge in [0, 0.05) is 23.3 Å². The molecule has 6 nitrogen and oxygen atoms in total. The van der Waals surface area contributed by atoms with E-state index in [1.807, 2.05) is 0 Å². The van der Waals surface area contributed by atoms with E-state index in [9.17, 15) is 17.6 Å². The normalized spacial score (nSPS) is 15.5. The van der Waals surface area contributed by atoms with Crippen LogP contribution < -0.4 is 4.72 Å². The van der Waals surface area contributed by atoms with E-state index in [1.165, 1.54) is 12.1 Å². The first-order chi connectivity index (χ1) is 12.8. The lowest BCUT2D eigenvalue weighted by atomic mass is 9.97. The maximum atomic E-state index is 14.1. The molecule has 0 spiro atoms. The lowest BCUT2D eigenvalue weighted by Crippen LogP contribution is -2.39. The van der Waals surface area contributed by atoms with Crippen molar-refractivity contribution >= 4 is 38.4 Å². The summed E-state index contributed by atoms with van der Waals surface area (Å²) in [5.74, 6) is -1.63. The van der Waals surface area contributed by atoms with E-state index in [4.69, 9.17) is 11.6 Å². The molecule has 0 bridgehead atoms. The smallest absolute Gasteiger partial charge is 0.264 e. The van der Waals surface area contributed by atoms with Crippen molar-refractivity contribution in [3.63, 3.8) is 0 Å². The molecule has 4 rings (SSSR count). The van der Waals surface area contributed by atoms with Gasteiger partial charge in [0.05, 0.1) is 20.8 Å². The van der Waals surface area contributed by atoms with E-state index >= 15 is 0 Å². The largest absolute Gasteiger partial charge is 0.273 e. The van der Waals surface area contributed by atoms with Crippen LogP contribution in [-0.4, -0.2) is 24.3 Å². The zero-order valence-corrected chi connectivity index (χ0v) is 15.4. The Kier molecular flexibility index (Phi) is 4.12. The van der Waals surface area contributed by atoms with Crippen LogP contribution in [0.2, 0.25) is 5.02 Å². The van der Waals surface area contributed by atoms with Crippen molar-refractivity contribution in [1.82, 2.24) is 14.7 Å². The van der Waals surface area contributed by atoms with Crippen LogP contribution in [0, 0.1) is 5.95 Å². The third-order valence-corrected chi connectivity index (χ3v) is 6.22. The maximum absolute atomic E-state index is 14.1. The zero-order valence-electron chi connectivity index (χ0n) is 13.8. The van der Waals surface area contributed by atoms with Crippen molar-refractivity contribution in [2.24, 2.45) is 0 Å². The van der Waals surface area contributed by atoms with Crippen molar-refractivity contribution in [3.8, 4) is 0 Å². The highest BCUT2D eigenvalue weighted by Gasteiger charge is 2.54. The third-order valence-electron chi connectivity index (χ3n) is 4.63. The second-order valence-corrected chi connectivity index (χ2v) is 8.42. The molecule has 138 valence electrons. The Morgan fingerprint density at radius 1 is 1.19 bits per heavy atom. The van der Waals surface area contributed by atoms with E-state index in [-0.39, 0.29) is 15.5 Å². The molecule has 1 aliphatic carbocycles. The van der Waals surface area contributed by atoms with E-state index in [2.05, 4.69) is 14.7 Å². The molecule has 27 heavy (non-hydrogen) atoms. The molecular formula is C18H13ClFN3O3S. The number of carbonyl (C=O) groups excluding carboxylic acids is 1. The average molecular weight is 406 g/mol. The van der Waals surface area contributed by atoms with Crippen LogP contribution in [0.15, 0.2) is 53.7 Å². The van der Waals surface area contributed by atoms with Crippen molar-refractivity contribution in [2.45, 2.75) is 23.2 Å². The van der Waals surface area contributed by atoms with Crippen LogP contribution in [0.1, 0.15) is 18.4 Å². The van der Waals surface area contributed by atoms with Gasteiger partial charge in [-0.3, -0.25) is 9.78 Å². The van der Waals surface area contributed by atoms with Gasteiger partial charge in [-0.25, -0.2) is 18.1 Å². The summed E-state index contributed by atoms with van der Waals surface area (Å²) in [7, 11) is -4.18. The van der Waals surface area contributed by atoms with Gasteiger partial charge in [0.1, 0.15) is 0 Å². The Hall–Kier alpha value is -2.58. The second-order valence-electron chi connectivity index (χ2n) is 6.33. The van der Waals surface area contributed by atoms with Crippen molar-refractivity contribution < 1.29 is 17.6 Å². The average Bonchev–Trinajstić information content (AvgIpc) is 3.45. The SMILES string of the molecule is O=C(NS(=O)(=O)c1cccc2ncccc12)C1(c2cc(Cl)cnc2F)CC1. The minimum atomic E-state index is -4.18. The number of pyridine rings is 2. The number of rotatable bonds is 4. The Morgan fingerprint density at radius 2 is 1.96 bits per heavy atom. The number of sulfonamides is 1. The lowest BCUT2D eigenvalue weighted by molar-refractivity contribution is -0.121. The van der Waals surface area contributed by atoms with E-state index in [1.54, 1.807) is 30.5 Å². The number of benzene rings is 1. The molecular weight excluding hydrogens is 393 g/mol. The number of hydrogen-bond donors (Lipinski definition) is 1. The second kappa shape index (κ2) is 6.24. The number of hydrogen-bond acceptors (Lipinski definition) is 5. The minimum Gasteiger partial charge on any atom is -0.273 e. The number of amides is 1. The Bertz CT molecular complexity index is 1170. The van der Waals surface area contributed by atoms with Gasteiger partial charge in [-0.1, -0.05) is 17.7 Å². The van der Waals surface area contributed by atoms with Crippen LogP contribution in [-0.2, 0) is 20.2 Å². The molecule has 1 fully saturated rings. The van der Waals surface area contributed by atoms with Crippen molar-refractivity contribution in [3.05, 3.63) is 65.3 Å². The first-order valence-electron chi connectivity index (χ1n) is 8.06. The van der Waals surface area contributed by atoms with Crippen LogP contribution >= 0.6 is 11.6 Å². The fourth-order valence-corrected chi connectivity index (χ4v) is 4.51. The van der Waals surface area contributed by atoms with E-state index in [0.717, 1.165) is 6.20 Å². The first-order valence-corrected chi connectivity index (χ1v) is 9.92. The predicted molar refractivity (Wildman–Crippen MR) is 97.2 cm³/mol. The number of nitrogens with one attached hydrogen (secondary N) is 1. The summed E-state index contributed by atoms with van der Waals surface area (Å²) in [6.07, 6.45) is 3.30. The third kappa shape index (κ3) is 3.04. The molecule has 1 aliphatic rings. The van der Waals surface area contributed by atoms with Gasteiger partial charge in [0.15, 0.2) is 0 Å². The maximum Gasteiger partial charge on any atom is 0.264 e. The summed E-state index contributed by atoms with van der Waals surface area (Å²) >= 11 is 5.86. The van der Waals surface area contributed by atoms with Crippen molar-refractivity contribution in [1.29, 1.82) is 0 Å². The molecule has 0 aliphatic heterocycles. The molecule has 1 aromatic carbocycles. The molecule has 0 radical (unpaired) electrons. The molecule has 1 N–H and O–H groups in total. The van der Waals surface area contributed by atoms with Crippen LogP contribution in [0.3, 0.4) is 0 Å². The van der Waals surface area contributed by atoms with Crippen LogP contribution in [0.4, 0.5) is 4.39 Å². The lowest BCUT2D eigenvalue weighted by Gasteiger charge is -2.17. The standard InChI is InChI=1S/C18H13ClFN3O3S/c19-11-9-13(16(20)22-10-11)18(6-7-18)17(24)23-27(25,26)15-5-1-4-14-12(15)3-2-8-21-14/h1-5,8-10H,6-7H2,(H,23,24). The van der Waals surface area contributed by atoms with Gasteiger partial charge < -0.3 is 0 Å². The number of fused-ring (bicyclic) bond motifs is 1. The molecule has 2 aromatic heterocycles. The molecule has 9 heteroatoms. The quantitative estimate of drug-likeness (QED) is 0.674. The number of halogens is 2. The van der Waals surface area contributed by atoms with Gasteiger partial charge in [0.25, 0.3) is 10.0 Å². The summed E-state index contributed by atoms with van der Waals surface area (Å²) in [6.45, 7) is 0. The van der Waals surface area contributed by atoms with Gasteiger partial charge in [-0.05, 0) is 43.2 Å². The number of aromatic nitrogens is 2. The minimum absolute atomic E-state index is 0.00212. The topological polar surface area (TPSA) is 89.0 Å². The molecule has 0 atom stereocenters. The fourth-order valence-electron chi connectivity index (χ4n) is 3.09. The number of carbonyl (C=O) groups is 1. The van der Waals surface area contributed by atoms with Crippen LogP contribution in [0.5, 0.6) is 0 Å². The molecule has 2 heterocycles. The molecule has 0 saturated heterocycles. The van der Waals surface area contributed by atoms with Gasteiger partial charge in [-0.2, -0.15) is 4.39 Å². The molecule has 1 saturated carbocycles. The Morgan fingerprint density at radius 3 is 2.70 bits per heavy atom. The first kappa shape index (κ1) is 17.8. The van der Waals surface area contributed by atoms with Crippen LogP contribution in [0.25, 0.3) is 10.9 Å². The Labute approximate surface area is 159 Å².